The molecular weight excluding hydrogens is 354 g/mol. The van der Waals surface area contributed by atoms with Gasteiger partial charge in [0.2, 0.25) is 0 Å². The van der Waals surface area contributed by atoms with E-state index in [9.17, 15) is 0 Å². The van der Waals surface area contributed by atoms with Gasteiger partial charge in [-0.25, -0.2) is 0 Å². The van der Waals surface area contributed by atoms with Crippen LogP contribution in [0.3, 0.4) is 0 Å². The number of rotatable bonds is 6. The first-order valence-corrected chi connectivity index (χ1v) is 10.2. The Labute approximate surface area is 170 Å². The molecule has 1 atom stereocenters. The van der Waals surface area contributed by atoms with E-state index in [0.29, 0.717) is 0 Å². The highest BCUT2D eigenvalue weighted by Crippen LogP contribution is 2.41. The lowest BCUT2D eigenvalue weighted by Crippen LogP contribution is -2.42. The fraction of sp³-hybridized carbons (Fsp3) is 0.714. The van der Waals surface area contributed by atoms with Crippen molar-refractivity contribution in [2.75, 3.05) is 0 Å². The predicted octanol–water partition coefficient (Wildman–Crippen LogP) is 4.22. The highest BCUT2D eigenvalue weighted by atomic mass is 16.8. The van der Waals surface area contributed by atoms with E-state index in [1.54, 1.807) is 0 Å². The first-order valence-electron chi connectivity index (χ1n) is 10.2. The van der Waals surface area contributed by atoms with Crippen molar-refractivity contribution in [3.63, 3.8) is 0 Å². The fourth-order valence-corrected chi connectivity index (χ4v) is 3.25. The summed E-state index contributed by atoms with van der Waals surface area (Å²) < 4.78 is 30.9. The third-order valence-electron chi connectivity index (χ3n) is 6.65. The molecule has 0 aliphatic carbocycles. The van der Waals surface area contributed by atoms with Gasteiger partial charge in [-0.15, -0.1) is 0 Å². The second-order valence-electron chi connectivity index (χ2n) is 9.87. The Balaban J connectivity index is 1.74. The van der Waals surface area contributed by atoms with Crippen molar-refractivity contribution in [1.29, 1.82) is 0 Å². The first-order chi connectivity index (χ1) is 12.8. The van der Waals surface area contributed by atoms with E-state index in [1.165, 1.54) is 5.56 Å². The lowest BCUT2D eigenvalue weighted by molar-refractivity contribution is 0.00578. The standard InChI is InChI=1S/C21H34B2O5/c1-18(2)19(3,4)26-22(25-18)17(15-14-16-12-10-9-11-13-16)24-23-27-20(5,6)21(7,8)28-23/h9-13,17H,14-15H2,1-8H3. The molecule has 0 bridgehead atoms. The molecule has 2 heterocycles. The van der Waals surface area contributed by atoms with Crippen LogP contribution in [0.25, 0.3) is 0 Å². The molecule has 154 valence electrons. The molecule has 3 rings (SSSR count). The van der Waals surface area contributed by atoms with Crippen LogP contribution in [0.4, 0.5) is 0 Å². The van der Waals surface area contributed by atoms with Crippen LogP contribution < -0.4 is 0 Å². The Bertz CT molecular complexity index is 643. The zero-order chi connectivity index (χ0) is 20.8. The minimum Gasteiger partial charge on any atom is -0.402 e. The molecule has 28 heavy (non-hydrogen) atoms. The summed E-state index contributed by atoms with van der Waals surface area (Å²) in [4.78, 5) is 0. The topological polar surface area (TPSA) is 46.2 Å². The van der Waals surface area contributed by atoms with Crippen LogP contribution in [-0.4, -0.2) is 42.8 Å². The lowest BCUT2D eigenvalue weighted by atomic mass is 9.76. The minimum atomic E-state index is -0.746. The van der Waals surface area contributed by atoms with E-state index in [1.807, 2.05) is 45.9 Å². The molecule has 5 nitrogen and oxygen atoms in total. The summed E-state index contributed by atoms with van der Waals surface area (Å²) in [5, 5.41) is 0. The smallest absolute Gasteiger partial charge is 0.402 e. The van der Waals surface area contributed by atoms with Gasteiger partial charge in [0.15, 0.2) is 0 Å². The third kappa shape index (κ3) is 4.34. The van der Waals surface area contributed by atoms with Gasteiger partial charge in [0.05, 0.1) is 28.4 Å². The van der Waals surface area contributed by atoms with Gasteiger partial charge < -0.3 is 23.3 Å². The van der Waals surface area contributed by atoms with Crippen LogP contribution in [0.15, 0.2) is 30.3 Å². The van der Waals surface area contributed by atoms with E-state index in [0.717, 1.165) is 12.8 Å². The number of aryl methyl sites for hydroxylation is 1. The lowest BCUT2D eigenvalue weighted by Gasteiger charge is -2.32. The zero-order valence-electron chi connectivity index (χ0n) is 18.6. The van der Waals surface area contributed by atoms with Gasteiger partial charge in [-0.2, -0.15) is 0 Å². The molecule has 1 aromatic rings. The molecule has 0 amide bonds. The molecule has 2 saturated heterocycles. The van der Waals surface area contributed by atoms with Crippen molar-refractivity contribution in [2.24, 2.45) is 0 Å². The number of benzene rings is 1. The number of hydrogen-bond acceptors (Lipinski definition) is 5. The molecule has 0 spiro atoms. The summed E-state index contributed by atoms with van der Waals surface area (Å²) in [5.74, 6) is 0. The second kappa shape index (κ2) is 7.44. The molecule has 1 aromatic carbocycles. The van der Waals surface area contributed by atoms with Crippen molar-refractivity contribution in [3.05, 3.63) is 35.9 Å². The van der Waals surface area contributed by atoms with Gasteiger partial charge in [0, 0.05) is 0 Å². The van der Waals surface area contributed by atoms with Crippen molar-refractivity contribution in [2.45, 2.75) is 96.6 Å². The van der Waals surface area contributed by atoms with Gasteiger partial charge in [-0.3, -0.25) is 0 Å². The van der Waals surface area contributed by atoms with Gasteiger partial charge in [-0.05, 0) is 73.8 Å². The SMILES string of the molecule is CC1(C)OB(OC(CCc2ccccc2)B2OC(C)(C)C(C)(C)O2)OC1(C)C. The highest BCUT2D eigenvalue weighted by Gasteiger charge is 2.58. The largest absolute Gasteiger partial charge is 0.640 e. The molecular formula is C21H34B2O5. The van der Waals surface area contributed by atoms with Crippen molar-refractivity contribution < 1.29 is 23.3 Å². The van der Waals surface area contributed by atoms with Gasteiger partial charge in [-0.1, -0.05) is 30.3 Å². The van der Waals surface area contributed by atoms with Gasteiger partial charge in [0.25, 0.3) is 0 Å². The molecule has 2 fully saturated rings. The summed E-state index contributed by atoms with van der Waals surface area (Å²) >= 11 is 0. The zero-order valence-corrected chi connectivity index (χ0v) is 18.6. The quantitative estimate of drug-likeness (QED) is 0.683. The molecule has 7 heteroatoms. The van der Waals surface area contributed by atoms with E-state index >= 15 is 0 Å². The van der Waals surface area contributed by atoms with E-state index in [2.05, 4.69) is 39.8 Å². The predicted molar refractivity (Wildman–Crippen MR) is 112 cm³/mol. The minimum absolute atomic E-state index is 0.309. The maximum Gasteiger partial charge on any atom is 0.640 e. The maximum absolute atomic E-state index is 6.28. The van der Waals surface area contributed by atoms with Crippen LogP contribution in [0.2, 0.25) is 0 Å². The third-order valence-corrected chi connectivity index (χ3v) is 6.65. The Morgan fingerprint density at radius 3 is 1.71 bits per heavy atom. The Morgan fingerprint density at radius 2 is 1.21 bits per heavy atom. The van der Waals surface area contributed by atoms with Crippen molar-refractivity contribution in [3.8, 4) is 0 Å². The van der Waals surface area contributed by atoms with E-state index in [-0.39, 0.29) is 6.00 Å². The van der Waals surface area contributed by atoms with Crippen LogP contribution >= 0.6 is 0 Å². The molecule has 1 unspecified atom stereocenters. The maximum atomic E-state index is 6.28. The van der Waals surface area contributed by atoms with Crippen molar-refractivity contribution in [1.82, 2.24) is 0 Å². The number of hydrogen-bond donors (Lipinski definition) is 0. The average Bonchev–Trinajstić information content (AvgIpc) is 2.91. The van der Waals surface area contributed by atoms with E-state index < -0.39 is 36.8 Å². The summed E-state index contributed by atoms with van der Waals surface area (Å²) in [7, 11) is -1.22. The highest BCUT2D eigenvalue weighted by molar-refractivity contribution is 6.49. The first kappa shape index (κ1) is 21.8. The molecule has 0 radical (unpaired) electrons. The average molecular weight is 388 g/mol. The van der Waals surface area contributed by atoms with Crippen LogP contribution in [0.5, 0.6) is 0 Å². The van der Waals surface area contributed by atoms with Crippen LogP contribution in [0, 0.1) is 0 Å². The van der Waals surface area contributed by atoms with E-state index in [4.69, 9.17) is 23.3 Å². The van der Waals surface area contributed by atoms with Crippen LogP contribution in [0.1, 0.15) is 67.4 Å². The monoisotopic (exact) mass is 388 g/mol. The van der Waals surface area contributed by atoms with Gasteiger partial charge >= 0.3 is 14.4 Å². The normalized spacial score (nSPS) is 25.9. The molecule has 0 N–H and O–H groups in total. The summed E-state index contributed by atoms with van der Waals surface area (Å²) in [6, 6.07) is 10.1. The van der Waals surface area contributed by atoms with Crippen molar-refractivity contribution >= 4 is 14.4 Å². The molecule has 2 aliphatic rings. The Kier molecular flexibility index (Phi) is 5.81. The Morgan fingerprint density at radius 1 is 0.750 bits per heavy atom. The summed E-state index contributed by atoms with van der Waals surface area (Å²) in [6.07, 6.45) is 1.60. The molecule has 0 aromatic heterocycles. The fourth-order valence-electron chi connectivity index (χ4n) is 3.25. The van der Waals surface area contributed by atoms with Crippen LogP contribution in [-0.2, 0) is 29.7 Å². The molecule has 0 saturated carbocycles. The molecule has 2 aliphatic heterocycles. The van der Waals surface area contributed by atoms with Gasteiger partial charge in [0.1, 0.15) is 0 Å². The second-order valence-corrected chi connectivity index (χ2v) is 9.87. The Hall–Kier alpha value is -0.850. The summed E-state index contributed by atoms with van der Waals surface area (Å²) in [6.45, 7) is 16.3. The summed E-state index contributed by atoms with van der Waals surface area (Å²) in [5.41, 5.74) is -0.472.